The Morgan fingerprint density at radius 2 is 1.68 bits per heavy atom. The topological polar surface area (TPSA) is 12.4 Å². The highest BCUT2D eigenvalue weighted by molar-refractivity contribution is 5.64. The lowest BCUT2D eigenvalue weighted by Gasteiger charge is -2.03. The van der Waals surface area contributed by atoms with Gasteiger partial charge in [0.15, 0.2) is 0 Å². The van der Waals surface area contributed by atoms with Gasteiger partial charge in [0.25, 0.3) is 0 Å². The predicted molar refractivity (Wildman–Crippen MR) is 83.4 cm³/mol. The maximum Gasteiger partial charge on any atom is 0.0260 e. The Balaban J connectivity index is 2.10. The van der Waals surface area contributed by atoms with Crippen LogP contribution in [0, 0.1) is 0 Å². The van der Waals surface area contributed by atoms with Gasteiger partial charge in [0.2, 0.25) is 0 Å². The monoisotopic (exact) mass is 247 g/mol. The van der Waals surface area contributed by atoms with Gasteiger partial charge in [0, 0.05) is 6.20 Å². The maximum atomic E-state index is 3.65. The summed E-state index contributed by atoms with van der Waals surface area (Å²) in [5, 5.41) is 0. The lowest BCUT2D eigenvalue weighted by molar-refractivity contribution is 1.27. The summed E-state index contributed by atoms with van der Waals surface area (Å²) in [7, 11) is 0. The van der Waals surface area contributed by atoms with E-state index < -0.39 is 0 Å². The molecule has 0 bridgehead atoms. The molecule has 0 saturated carbocycles. The first-order valence-corrected chi connectivity index (χ1v) is 6.32. The fourth-order valence-electron chi connectivity index (χ4n) is 1.90. The molecule has 0 saturated heterocycles. The molecule has 2 aromatic carbocycles. The molecule has 0 spiro atoms. The van der Waals surface area contributed by atoms with Crippen LogP contribution in [0.25, 0.3) is 11.1 Å². The summed E-state index contributed by atoms with van der Waals surface area (Å²) in [6.07, 6.45) is 8.59. The van der Waals surface area contributed by atoms with Crippen molar-refractivity contribution in [2.75, 3.05) is 0 Å². The van der Waals surface area contributed by atoms with Gasteiger partial charge in [-0.3, -0.25) is 4.99 Å². The van der Waals surface area contributed by atoms with Crippen LogP contribution >= 0.6 is 0 Å². The molecule has 94 valence electrons. The molecule has 0 amide bonds. The zero-order chi connectivity index (χ0) is 13.3. The largest absolute Gasteiger partial charge is 0.273 e. The van der Waals surface area contributed by atoms with E-state index in [-0.39, 0.29) is 0 Å². The molecule has 2 aromatic rings. The number of nitrogens with zero attached hydrogens (tertiary/aromatic N) is 1. The highest BCUT2D eigenvalue weighted by Gasteiger charge is 1.97. The van der Waals surface area contributed by atoms with Gasteiger partial charge < -0.3 is 0 Å². The Kier molecular flexibility index (Phi) is 4.88. The van der Waals surface area contributed by atoms with E-state index >= 15 is 0 Å². The second-order valence-corrected chi connectivity index (χ2v) is 4.22. The van der Waals surface area contributed by atoms with Gasteiger partial charge in [0.1, 0.15) is 0 Å². The van der Waals surface area contributed by atoms with Crippen molar-refractivity contribution in [1.29, 1.82) is 0 Å². The summed E-state index contributed by atoms with van der Waals surface area (Å²) in [5.74, 6) is 0. The number of aliphatic imine (C=N–C) groups is 1. The maximum absolute atomic E-state index is 3.65. The van der Waals surface area contributed by atoms with Crippen molar-refractivity contribution >= 4 is 6.72 Å². The summed E-state index contributed by atoms with van der Waals surface area (Å²) in [4.78, 5) is 3.65. The molecule has 1 nitrogen and oxygen atoms in total. The second kappa shape index (κ2) is 7.12. The van der Waals surface area contributed by atoms with E-state index in [0.29, 0.717) is 0 Å². The van der Waals surface area contributed by atoms with E-state index in [1.54, 1.807) is 6.20 Å². The zero-order valence-corrected chi connectivity index (χ0v) is 10.9. The molecule has 0 fully saturated rings. The molecule has 0 unspecified atom stereocenters. The van der Waals surface area contributed by atoms with Crippen molar-refractivity contribution in [3.05, 3.63) is 84.6 Å². The van der Waals surface area contributed by atoms with Crippen LogP contribution in [0.4, 0.5) is 0 Å². The Morgan fingerprint density at radius 3 is 2.47 bits per heavy atom. The Hall–Kier alpha value is -2.41. The van der Waals surface area contributed by atoms with Crippen molar-refractivity contribution in [1.82, 2.24) is 0 Å². The van der Waals surface area contributed by atoms with E-state index in [2.05, 4.69) is 66.3 Å². The third-order valence-electron chi connectivity index (χ3n) is 2.83. The Bertz CT molecular complexity index is 580. The van der Waals surface area contributed by atoms with Crippen molar-refractivity contribution in [2.24, 2.45) is 4.99 Å². The fourth-order valence-corrected chi connectivity index (χ4v) is 1.90. The van der Waals surface area contributed by atoms with Gasteiger partial charge in [-0.15, -0.1) is 0 Å². The zero-order valence-electron chi connectivity index (χ0n) is 10.9. The summed E-state index contributed by atoms with van der Waals surface area (Å²) in [6, 6.07) is 19.1. The van der Waals surface area contributed by atoms with Crippen LogP contribution in [-0.2, 0) is 6.42 Å². The standard InChI is InChI=1S/C18H17N/c1-19-14-7-3-4-9-16-10-8-13-18(15-16)17-11-5-2-6-12-17/h2-8,10-15H,1,9H2/b4-3-,14-7-. The molecule has 2 rings (SSSR count). The third kappa shape index (κ3) is 4.07. The molecule has 0 N–H and O–H groups in total. The summed E-state index contributed by atoms with van der Waals surface area (Å²) in [5.41, 5.74) is 3.82. The van der Waals surface area contributed by atoms with Gasteiger partial charge >= 0.3 is 0 Å². The average molecular weight is 247 g/mol. The number of hydrogen-bond donors (Lipinski definition) is 0. The first-order valence-electron chi connectivity index (χ1n) is 6.32. The van der Waals surface area contributed by atoms with Crippen LogP contribution in [0.2, 0.25) is 0 Å². The summed E-state index contributed by atoms with van der Waals surface area (Å²) < 4.78 is 0. The molecule has 0 atom stereocenters. The van der Waals surface area contributed by atoms with Crippen LogP contribution in [0.5, 0.6) is 0 Å². The smallest absolute Gasteiger partial charge is 0.0260 e. The number of allylic oxidation sites excluding steroid dienone is 3. The minimum atomic E-state index is 0.919. The molecule has 0 aliphatic heterocycles. The van der Waals surface area contributed by atoms with E-state index in [9.17, 15) is 0 Å². The van der Waals surface area contributed by atoms with Crippen molar-refractivity contribution in [3.63, 3.8) is 0 Å². The van der Waals surface area contributed by atoms with E-state index in [0.717, 1.165) is 6.42 Å². The van der Waals surface area contributed by atoms with Gasteiger partial charge in [-0.1, -0.05) is 66.7 Å². The van der Waals surface area contributed by atoms with Crippen LogP contribution in [0.1, 0.15) is 5.56 Å². The molecule has 1 heteroatoms. The lowest BCUT2D eigenvalue weighted by atomic mass is 10.0. The predicted octanol–water partition coefficient (Wildman–Crippen LogP) is 4.67. The van der Waals surface area contributed by atoms with Crippen molar-refractivity contribution < 1.29 is 0 Å². The van der Waals surface area contributed by atoms with Gasteiger partial charge in [0.05, 0.1) is 0 Å². The van der Waals surface area contributed by atoms with E-state index in [1.165, 1.54) is 16.7 Å². The molecular weight excluding hydrogens is 230 g/mol. The van der Waals surface area contributed by atoms with Crippen LogP contribution < -0.4 is 0 Å². The summed E-state index contributed by atoms with van der Waals surface area (Å²) in [6.45, 7) is 3.39. The van der Waals surface area contributed by atoms with Crippen LogP contribution in [0.3, 0.4) is 0 Å². The van der Waals surface area contributed by atoms with Gasteiger partial charge in [-0.05, 0) is 35.9 Å². The van der Waals surface area contributed by atoms with Crippen molar-refractivity contribution in [3.8, 4) is 11.1 Å². The first kappa shape index (κ1) is 13.0. The highest BCUT2D eigenvalue weighted by atomic mass is 14.6. The summed E-state index contributed by atoms with van der Waals surface area (Å²) >= 11 is 0. The van der Waals surface area contributed by atoms with Crippen LogP contribution in [-0.4, -0.2) is 6.72 Å². The first-order chi connectivity index (χ1) is 9.40. The van der Waals surface area contributed by atoms with Gasteiger partial charge in [-0.2, -0.15) is 0 Å². The number of rotatable bonds is 5. The van der Waals surface area contributed by atoms with Gasteiger partial charge in [-0.25, -0.2) is 0 Å². The molecule has 0 aliphatic carbocycles. The Morgan fingerprint density at radius 1 is 0.895 bits per heavy atom. The molecule has 0 aliphatic rings. The number of hydrogen-bond acceptors (Lipinski definition) is 1. The van der Waals surface area contributed by atoms with E-state index in [4.69, 9.17) is 0 Å². The normalized spacial score (nSPS) is 11.2. The second-order valence-electron chi connectivity index (χ2n) is 4.22. The molecule has 0 aromatic heterocycles. The fraction of sp³-hybridized carbons (Fsp3) is 0.0556. The minimum absolute atomic E-state index is 0.919. The third-order valence-corrected chi connectivity index (χ3v) is 2.83. The van der Waals surface area contributed by atoms with Crippen molar-refractivity contribution in [2.45, 2.75) is 6.42 Å². The Labute approximate surface area is 114 Å². The lowest BCUT2D eigenvalue weighted by Crippen LogP contribution is -1.83. The molecular formula is C18H17N. The van der Waals surface area contributed by atoms with Crippen LogP contribution in [0.15, 0.2) is 84.0 Å². The molecule has 0 radical (unpaired) electrons. The minimum Gasteiger partial charge on any atom is -0.273 e. The SMILES string of the molecule is C=N/C=C\C=C/Cc1cccc(-c2ccccc2)c1. The molecule has 0 heterocycles. The average Bonchev–Trinajstić information content (AvgIpc) is 2.48. The highest BCUT2D eigenvalue weighted by Crippen LogP contribution is 2.20. The number of benzene rings is 2. The van der Waals surface area contributed by atoms with E-state index in [1.807, 2.05) is 18.2 Å². The quantitative estimate of drug-likeness (QED) is 0.538. The molecule has 19 heavy (non-hydrogen) atoms.